The van der Waals surface area contributed by atoms with Gasteiger partial charge in [0.1, 0.15) is 11.4 Å². The Labute approximate surface area is 137 Å². The summed E-state index contributed by atoms with van der Waals surface area (Å²) in [5.41, 5.74) is 1.78. The summed E-state index contributed by atoms with van der Waals surface area (Å²) >= 11 is 0. The highest BCUT2D eigenvalue weighted by atomic mass is 16.6. The second-order valence-corrected chi connectivity index (χ2v) is 5.33. The van der Waals surface area contributed by atoms with Crippen molar-refractivity contribution in [2.45, 2.75) is 12.8 Å². The van der Waals surface area contributed by atoms with Crippen molar-refractivity contribution in [3.05, 3.63) is 70.0 Å². The lowest BCUT2D eigenvalue weighted by molar-refractivity contribution is -0.385. The van der Waals surface area contributed by atoms with Crippen molar-refractivity contribution >= 4 is 22.6 Å². The molecule has 0 aliphatic carbocycles. The van der Waals surface area contributed by atoms with Crippen molar-refractivity contribution in [1.29, 1.82) is 0 Å². The molecular formula is C17H16N4O3. The lowest BCUT2D eigenvalue weighted by atomic mass is 10.1. The molecule has 1 amide bonds. The Hall–Kier alpha value is -3.22. The second-order valence-electron chi connectivity index (χ2n) is 5.33. The lowest BCUT2D eigenvalue weighted by Crippen LogP contribution is -2.25. The molecule has 24 heavy (non-hydrogen) atoms. The molecule has 3 rings (SSSR count). The SMILES string of the molecule is O=C(NCCCc1nc2ccccc2[nH]1)c1ccccc1[N+](=O)[O-]. The first kappa shape index (κ1) is 15.7. The van der Waals surface area contributed by atoms with E-state index in [9.17, 15) is 14.9 Å². The predicted octanol–water partition coefficient (Wildman–Crippen LogP) is 2.83. The minimum atomic E-state index is -0.552. The minimum absolute atomic E-state index is 0.0752. The molecule has 0 aliphatic heterocycles. The van der Waals surface area contributed by atoms with E-state index < -0.39 is 10.8 Å². The molecule has 0 aliphatic rings. The van der Waals surface area contributed by atoms with E-state index in [4.69, 9.17) is 0 Å². The van der Waals surface area contributed by atoms with Crippen LogP contribution in [-0.4, -0.2) is 27.3 Å². The highest BCUT2D eigenvalue weighted by Gasteiger charge is 2.18. The summed E-state index contributed by atoms with van der Waals surface area (Å²) < 4.78 is 0. The van der Waals surface area contributed by atoms with E-state index in [1.807, 2.05) is 24.3 Å². The number of nitro benzene ring substituents is 1. The van der Waals surface area contributed by atoms with E-state index in [2.05, 4.69) is 15.3 Å². The number of H-pyrrole nitrogens is 1. The molecule has 0 saturated carbocycles. The molecule has 0 unspecified atom stereocenters. The number of fused-ring (bicyclic) bond motifs is 1. The first-order valence-electron chi connectivity index (χ1n) is 7.60. The molecule has 7 heteroatoms. The van der Waals surface area contributed by atoms with Crippen LogP contribution >= 0.6 is 0 Å². The van der Waals surface area contributed by atoms with E-state index in [0.717, 1.165) is 16.9 Å². The van der Waals surface area contributed by atoms with Crippen LogP contribution in [0.3, 0.4) is 0 Å². The number of nitrogens with zero attached hydrogens (tertiary/aromatic N) is 2. The van der Waals surface area contributed by atoms with Gasteiger partial charge in [-0.05, 0) is 24.6 Å². The number of hydrogen-bond acceptors (Lipinski definition) is 4. The first-order valence-corrected chi connectivity index (χ1v) is 7.60. The van der Waals surface area contributed by atoms with E-state index in [-0.39, 0.29) is 11.3 Å². The summed E-state index contributed by atoms with van der Waals surface area (Å²) in [6.07, 6.45) is 1.37. The number of aryl methyl sites for hydroxylation is 1. The maximum Gasteiger partial charge on any atom is 0.282 e. The van der Waals surface area contributed by atoms with Crippen molar-refractivity contribution in [2.24, 2.45) is 0 Å². The van der Waals surface area contributed by atoms with Crippen molar-refractivity contribution in [3.8, 4) is 0 Å². The molecule has 1 heterocycles. The maximum absolute atomic E-state index is 12.1. The number of para-hydroxylation sites is 3. The number of hydrogen-bond donors (Lipinski definition) is 2. The average Bonchev–Trinajstić information content (AvgIpc) is 3.01. The quantitative estimate of drug-likeness (QED) is 0.413. The molecule has 7 nitrogen and oxygen atoms in total. The van der Waals surface area contributed by atoms with Gasteiger partial charge in [-0.25, -0.2) is 4.98 Å². The van der Waals surface area contributed by atoms with Gasteiger partial charge in [0.2, 0.25) is 0 Å². The highest BCUT2D eigenvalue weighted by molar-refractivity contribution is 5.98. The van der Waals surface area contributed by atoms with Crippen molar-refractivity contribution < 1.29 is 9.72 Å². The predicted molar refractivity (Wildman–Crippen MR) is 89.8 cm³/mol. The van der Waals surface area contributed by atoms with Gasteiger partial charge >= 0.3 is 0 Å². The molecular weight excluding hydrogens is 308 g/mol. The number of carbonyl (C=O) groups excluding carboxylic acids is 1. The molecule has 1 aromatic heterocycles. The number of benzene rings is 2. The highest BCUT2D eigenvalue weighted by Crippen LogP contribution is 2.17. The van der Waals surface area contributed by atoms with Crippen LogP contribution in [0.25, 0.3) is 11.0 Å². The number of aromatic amines is 1. The van der Waals surface area contributed by atoms with E-state index in [1.54, 1.807) is 6.07 Å². The number of rotatable bonds is 6. The lowest BCUT2D eigenvalue weighted by Gasteiger charge is -2.05. The van der Waals surface area contributed by atoms with Crippen LogP contribution in [-0.2, 0) is 6.42 Å². The molecule has 0 spiro atoms. The van der Waals surface area contributed by atoms with Gasteiger partial charge in [0.05, 0.1) is 16.0 Å². The molecule has 0 saturated heterocycles. The van der Waals surface area contributed by atoms with Gasteiger partial charge < -0.3 is 10.3 Å². The average molecular weight is 324 g/mol. The van der Waals surface area contributed by atoms with E-state index in [1.165, 1.54) is 18.2 Å². The van der Waals surface area contributed by atoms with Crippen LogP contribution in [0.15, 0.2) is 48.5 Å². The van der Waals surface area contributed by atoms with Gasteiger partial charge in [-0.2, -0.15) is 0 Å². The fourth-order valence-electron chi connectivity index (χ4n) is 2.50. The van der Waals surface area contributed by atoms with Gasteiger partial charge in [-0.1, -0.05) is 24.3 Å². The van der Waals surface area contributed by atoms with Crippen LogP contribution < -0.4 is 5.32 Å². The van der Waals surface area contributed by atoms with Crippen molar-refractivity contribution in [2.75, 3.05) is 6.54 Å². The number of aromatic nitrogens is 2. The Morgan fingerprint density at radius 2 is 1.92 bits per heavy atom. The summed E-state index contributed by atoms with van der Waals surface area (Å²) in [6, 6.07) is 13.7. The van der Waals surface area contributed by atoms with Crippen LogP contribution in [0.2, 0.25) is 0 Å². The molecule has 0 bridgehead atoms. The van der Waals surface area contributed by atoms with Crippen LogP contribution in [0.5, 0.6) is 0 Å². The van der Waals surface area contributed by atoms with Crippen LogP contribution in [0.4, 0.5) is 5.69 Å². The third-order valence-corrected chi connectivity index (χ3v) is 3.66. The topological polar surface area (TPSA) is 101 Å². The molecule has 3 aromatic rings. The Morgan fingerprint density at radius 1 is 1.17 bits per heavy atom. The summed E-state index contributed by atoms with van der Waals surface area (Å²) in [6.45, 7) is 0.419. The summed E-state index contributed by atoms with van der Waals surface area (Å²) in [4.78, 5) is 30.2. The zero-order valence-electron chi connectivity index (χ0n) is 12.9. The molecule has 0 atom stereocenters. The Morgan fingerprint density at radius 3 is 2.71 bits per heavy atom. The summed E-state index contributed by atoms with van der Waals surface area (Å²) in [5, 5.41) is 13.7. The van der Waals surface area contributed by atoms with Gasteiger partial charge in [0.15, 0.2) is 0 Å². The third-order valence-electron chi connectivity index (χ3n) is 3.66. The molecule has 2 N–H and O–H groups in total. The Balaban J connectivity index is 1.55. The number of amides is 1. The molecule has 2 aromatic carbocycles. The number of carbonyl (C=O) groups is 1. The number of nitro groups is 1. The number of nitrogens with one attached hydrogen (secondary N) is 2. The monoisotopic (exact) mass is 324 g/mol. The van der Waals surface area contributed by atoms with Crippen molar-refractivity contribution in [1.82, 2.24) is 15.3 Å². The summed E-state index contributed by atoms with van der Waals surface area (Å²) in [5.74, 6) is 0.419. The first-order chi connectivity index (χ1) is 11.6. The Kier molecular flexibility index (Phi) is 4.51. The molecule has 122 valence electrons. The van der Waals surface area contributed by atoms with Crippen LogP contribution in [0, 0.1) is 10.1 Å². The minimum Gasteiger partial charge on any atom is -0.352 e. The van der Waals surface area contributed by atoms with Gasteiger partial charge in [0.25, 0.3) is 11.6 Å². The third kappa shape index (κ3) is 3.40. The fourth-order valence-corrected chi connectivity index (χ4v) is 2.50. The largest absolute Gasteiger partial charge is 0.352 e. The molecule has 0 fully saturated rings. The standard InChI is InChI=1S/C17H16N4O3/c22-17(12-6-1-4-9-15(12)21(23)24)18-11-5-10-16-19-13-7-2-3-8-14(13)20-16/h1-4,6-9H,5,10-11H2,(H,18,22)(H,19,20). The van der Waals surface area contributed by atoms with E-state index >= 15 is 0 Å². The smallest absolute Gasteiger partial charge is 0.282 e. The fraction of sp³-hybridized carbons (Fsp3) is 0.176. The van der Waals surface area contributed by atoms with E-state index in [0.29, 0.717) is 19.4 Å². The van der Waals surface area contributed by atoms with Crippen molar-refractivity contribution in [3.63, 3.8) is 0 Å². The van der Waals surface area contributed by atoms with Crippen LogP contribution in [0.1, 0.15) is 22.6 Å². The zero-order chi connectivity index (χ0) is 16.9. The van der Waals surface area contributed by atoms with Gasteiger partial charge in [0, 0.05) is 19.0 Å². The normalized spacial score (nSPS) is 10.7. The zero-order valence-corrected chi connectivity index (χ0v) is 12.9. The summed E-state index contributed by atoms with van der Waals surface area (Å²) in [7, 11) is 0. The number of imidazole rings is 1. The second kappa shape index (κ2) is 6.91. The molecule has 0 radical (unpaired) electrons. The van der Waals surface area contributed by atoms with Gasteiger partial charge in [-0.3, -0.25) is 14.9 Å². The van der Waals surface area contributed by atoms with Gasteiger partial charge in [-0.15, -0.1) is 0 Å². The Bertz CT molecular complexity index is 855. The maximum atomic E-state index is 12.1.